The molecule has 2 aromatic heterocycles. The Morgan fingerprint density at radius 3 is 2.53 bits per heavy atom. The normalized spacial score (nSPS) is 12.9. The largest absolute Gasteiger partial charge is 0.347 e. The SMILES string of the molecule is Cc1c2ccnc(C(=O)NC(C)CN(C)C)c2cc2c3cc(F)c(F)cc3n(C)c12. The average molecular weight is 410 g/mol. The molecule has 0 aliphatic rings. The van der Waals surface area contributed by atoms with Crippen LogP contribution in [0, 0.1) is 18.6 Å². The van der Waals surface area contributed by atoms with E-state index < -0.39 is 11.6 Å². The number of hydrogen-bond acceptors (Lipinski definition) is 3. The maximum atomic E-state index is 14.0. The number of carbonyl (C=O) groups excluding carboxylic acids is 1. The first-order valence-corrected chi connectivity index (χ1v) is 9.80. The Balaban J connectivity index is 1.96. The second-order valence-corrected chi connectivity index (χ2v) is 8.13. The second-order valence-electron chi connectivity index (χ2n) is 8.13. The number of nitrogens with one attached hydrogen (secondary N) is 1. The van der Waals surface area contributed by atoms with E-state index in [9.17, 15) is 13.6 Å². The standard InChI is InChI=1S/C23H24F2N4O/c1-12(11-28(3)4)27-23(30)21-16-8-17-15-9-18(24)19(25)10-20(15)29(5)22(17)13(2)14(16)6-7-26-21/h6-10,12H,11H2,1-5H3,(H,27,30). The Morgan fingerprint density at radius 1 is 1.13 bits per heavy atom. The van der Waals surface area contributed by atoms with E-state index in [1.807, 2.05) is 56.6 Å². The lowest BCUT2D eigenvalue weighted by Gasteiger charge is -2.18. The van der Waals surface area contributed by atoms with Gasteiger partial charge in [-0.3, -0.25) is 9.78 Å². The van der Waals surface area contributed by atoms with Gasteiger partial charge in [0.1, 0.15) is 5.69 Å². The van der Waals surface area contributed by atoms with E-state index in [1.54, 1.807) is 6.20 Å². The lowest BCUT2D eigenvalue weighted by Crippen LogP contribution is -2.39. The maximum absolute atomic E-state index is 14.0. The molecule has 1 amide bonds. The van der Waals surface area contributed by atoms with Crippen molar-refractivity contribution in [3.63, 3.8) is 0 Å². The number of benzene rings is 2. The zero-order chi connectivity index (χ0) is 21.7. The molecule has 0 bridgehead atoms. The van der Waals surface area contributed by atoms with Crippen LogP contribution in [-0.2, 0) is 7.05 Å². The summed E-state index contributed by atoms with van der Waals surface area (Å²) in [5.74, 6) is -2.03. The Labute approximate surface area is 173 Å². The van der Waals surface area contributed by atoms with Crippen LogP contribution < -0.4 is 5.32 Å². The summed E-state index contributed by atoms with van der Waals surface area (Å²) >= 11 is 0. The smallest absolute Gasteiger partial charge is 0.270 e. The van der Waals surface area contributed by atoms with Gasteiger partial charge in [0.15, 0.2) is 11.6 Å². The summed E-state index contributed by atoms with van der Waals surface area (Å²) in [6.07, 6.45) is 1.62. The number of likely N-dealkylation sites (N-methyl/N-ethyl adjacent to an activating group) is 1. The minimum absolute atomic E-state index is 0.0518. The molecule has 156 valence electrons. The van der Waals surface area contributed by atoms with Crippen LogP contribution in [0.2, 0.25) is 0 Å². The molecule has 0 saturated heterocycles. The summed E-state index contributed by atoms with van der Waals surface area (Å²) in [4.78, 5) is 19.3. The van der Waals surface area contributed by atoms with Crippen LogP contribution in [0.25, 0.3) is 32.6 Å². The summed E-state index contributed by atoms with van der Waals surface area (Å²) in [6, 6.07) is 6.10. The fourth-order valence-electron chi connectivity index (χ4n) is 4.34. The van der Waals surface area contributed by atoms with Crippen molar-refractivity contribution in [1.82, 2.24) is 19.8 Å². The quantitative estimate of drug-likeness (QED) is 0.550. The first-order valence-electron chi connectivity index (χ1n) is 9.80. The number of aryl methyl sites for hydroxylation is 2. The molecule has 1 N–H and O–H groups in total. The molecule has 4 rings (SSSR count). The number of pyridine rings is 1. The highest BCUT2D eigenvalue weighted by atomic mass is 19.2. The molecule has 1 unspecified atom stereocenters. The maximum Gasteiger partial charge on any atom is 0.270 e. The number of aromatic nitrogens is 2. The highest BCUT2D eigenvalue weighted by molar-refractivity contribution is 6.17. The summed E-state index contributed by atoms with van der Waals surface area (Å²) in [6.45, 7) is 4.59. The number of amides is 1. The number of fused-ring (bicyclic) bond motifs is 4. The van der Waals surface area contributed by atoms with Gasteiger partial charge in [-0.25, -0.2) is 8.78 Å². The van der Waals surface area contributed by atoms with E-state index in [-0.39, 0.29) is 11.9 Å². The van der Waals surface area contributed by atoms with Crippen LogP contribution in [0.5, 0.6) is 0 Å². The van der Waals surface area contributed by atoms with E-state index in [0.29, 0.717) is 28.5 Å². The van der Waals surface area contributed by atoms with Gasteiger partial charge < -0.3 is 14.8 Å². The van der Waals surface area contributed by atoms with Gasteiger partial charge in [-0.2, -0.15) is 0 Å². The lowest BCUT2D eigenvalue weighted by atomic mass is 10.00. The van der Waals surface area contributed by atoms with Crippen LogP contribution in [0.4, 0.5) is 8.78 Å². The fraction of sp³-hybridized carbons (Fsp3) is 0.304. The van der Waals surface area contributed by atoms with E-state index in [0.717, 1.165) is 21.9 Å². The summed E-state index contributed by atoms with van der Waals surface area (Å²) < 4.78 is 29.7. The van der Waals surface area contributed by atoms with Gasteiger partial charge in [0.25, 0.3) is 5.91 Å². The molecule has 7 heteroatoms. The van der Waals surface area contributed by atoms with Gasteiger partial charge in [-0.15, -0.1) is 0 Å². The van der Waals surface area contributed by atoms with E-state index in [1.165, 1.54) is 12.1 Å². The predicted octanol–water partition coefficient (Wildman–Crippen LogP) is 4.15. The van der Waals surface area contributed by atoms with Gasteiger partial charge in [0.05, 0.1) is 11.0 Å². The topological polar surface area (TPSA) is 50.2 Å². The predicted molar refractivity (Wildman–Crippen MR) is 116 cm³/mol. The Hall–Kier alpha value is -3.06. The van der Waals surface area contributed by atoms with Crippen molar-refractivity contribution in [2.24, 2.45) is 7.05 Å². The highest BCUT2D eigenvalue weighted by Crippen LogP contribution is 2.36. The van der Waals surface area contributed by atoms with E-state index >= 15 is 0 Å². The molecule has 4 aromatic rings. The molecule has 0 spiro atoms. The highest BCUT2D eigenvalue weighted by Gasteiger charge is 2.20. The molecular formula is C23H24F2N4O. The summed E-state index contributed by atoms with van der Waals surface area (Å²) in [5, 5.41) is 5.93. The number of halogens is 2. The van der Waals surface area contributed by atoms with Crippen molar-refractivity contribution < 1.29 is 13.6 Å². The lowest BCUT2D eigenvalue weighted by molar-refractivity contribution is 0.0931. The van der Waals surface area contributed by atoms with Gasteiger partial charge in [-0.1, -0.05) is 0 Å². The second kappa shape index (κ2) is 7.32. The third-order valence-electron chi connectivity index (χ3n) is 5.55. The van der Waals surface area contributed by atoms with Gasteiger partial charge >= 0.3 is 0 Å². The number of nitrogens with zero attached hydrogens (tertiary/aromatic N) is 3. The number of rotatable bonds is 4. The monoisotopic (exact) mass is 410 g/mol. The van der Waals surface area contributed by atoms with Crippen molar-refractivity contribution in [2.75, 3.05) is 20.6 Å². The first-order chi connectivity index (χ1) is 14.2. The minimum Gasteiger partial charge on any atom is -0.347 e. The first kappa shape index (κ1) is 20.2. The van der Waals surface area contributed by atoms with Crippen molar-refractivity contribution >= 4 is 38.5 Å². The molecule has 0 aliphatic heterocycles. The number of hydrogen-bond donors (Lipinski definition) is 1. The molecule has 30 heavy (non-hydrogen) atoms. The molecular weight excluding hydrogens is 386 g/mol. The van der Waals surface area contributed by atoms with Crippen LogP contribution in [0.3, 0.4) is 0 Å². The zero-order valence-electron chi connectivity index (χ0n) is 17.7. The third kappa shape index (κ3) is 3.19. The molecule has 0 fully saturated rings. The van der Waals surface area contributed by atoms with Gasteiger partial charge in [0.2, 0.25) is 0 Å². The van der Waals surface area contributed by atoms with Crippen LogP contribution in [-0.4, -0.2) is 47.0 Å². The molecule has 2 aromatic carbocycles. The molecule has 0 aliphatic carbocycles. The molecule has 1 atom stereocenters. The zero-order valence-corrected chi connectivity index (χ0v) is 17.7. The molecule has 2 heterocycles. The summed E-state index contributed by atoms with van der Waals surface area (Å²) in [5.41, 5.74) is 2.73. The van der Waals surface area contributed by atoms with E-state index in [2.05, 4.69) is 10.3 Å². The minimum atomic E-state index is -0.894. The fourth-order valence-corrected chi connectivity index (χ4v) is 4.34. The van der Waals surface area contributed by atoms with Crippen LogP contribution >= 0.6 is 0 Å². The molecule has 0 radical (unpaired) electrons. The molecule has 0 saturated carbocycles. The Kier molecular flexibility index (Phi) is 4.94. The molecule has 5 nitrogen and oxygen atoms in total. The van der Waals surface area contributed by atoms with Gasteiger partial charge in [-0.05, 0) is 57.1 Å². The van der Waals surface area contributed by atoms with Crippen molar-refractivity contribution in [3.05, 3.63) is 53.4 Å². The summed E-state index contributed by atoms with van der Waals surface area (Å²) in [7, 11) is 5.72. The van der Waals surface area contributed by atoms with Crippen LogP contribution in [0.15, 0.2) is 30.5 Å². The van der Waals surface area contributed by atoms with Crippen molar-refractivity contribution in [2.45, 2.75) is 19.9 Å². The number of carbonyl (C=O) groups is 1. The average Bonchev–Trinajstić information content (AvgIpc) is 2.93. The Morgan fingerprint density at radius 2 is 1.83 bits per heavy atom. The van der Waals surface area contributed by atoms with Crippen molar-refractivity contribution in [1.29, 1.82) is 0 Å². The van der Waals surface area contributed by atoms with E-state index in [4.69, 9.17) is 0 Å². The van der Waals surface area contributed by atoms with Crippen molar-refractivity contribution in [3.8, 4) is 0 Å². The Bertz CT molecular complexity index is 1310. The third-order valence-corrected chi connectivity index (χ3v) is 5.55. The van der Waals surface area contributed by atoms with Crippen LogP contribution in [0.1, 0.15) is 23.0 Å². The van der Waals surface area contributed by atoms with Gasteiger partial charge in [0, 0.05) is 48.1 Å².